The maximum Gasteiger partial charge on any atom is 0.0641 e. The van der Waals surface area contributed by atoms with Crippen LogP contribution < -0.4 is 5.32 Å². The van der Waals surface area contributed by atoms with Crippen LogP contribution in [0.3, 0.4) is 0 Å². The highest BCUT2D eigenvalue weighted by atomic mass is 15.3. The van der Waals surface area contributed by atoms with E-state index < -0.39 is 0 Å². The van der Waals surface area contributed by atoms with Crippen LogP contribution in [0.5, 0.6) is 0 Å². The number of hydrogen-bond acceptors (Lipinski definition) is 2. The average Bonchev–Trinajstić information content (AvgIpc) is 3.14. The predicted molar refractivity (Wildman–Crippen MR) is 77.1 cm³/mol. The third-order valence-corrected chi connectivity index (χ3v) is 4.22. The van der Waals surface area contributed by atoms with Gasteiger partial charge in [0.05, 0.1) is 5.69 Å². The Bertz CT molecular complexity index is 571. The van der Waals surface area contributed by atoms with E-state index in [1.54, 1.807) is 0 Å². The van der Waals surface area contributed by atoms with Crippen LogP contribution >= 0.6 is 0 Å². The molecule has 1 aromatic carbocycles. The molecule has 2 aromatic rings. The van der Waals surface area contributed by atoms with Crippen molar-refractivity contribution in [2.24, 2.45) is 7.05 Å². The molecule has 2 atom stereocenters. The van der Waals surface area contributed by atoms with E-state index in [1.807, 2.05) is 11.7 Å². The Morgan fingerprint density at radius 2 is 2.00 bits per heavy atom. The Balaban J connectivity index is 1.60. The van der Waals surface area contributed by atoms with E-state index in [0.717, 1.165) is 12.2 Å². The zero-order chi connectivity index (χ0) is 13.4. The Hall–Kier alpha value is -1.61. The van der Waals surface area contributed by atoms with Crippen LogP contribution in [0.2, 0.25) is 0 Å². The number of nitrogens with one attached hydrogen (secondary N) is 1. The van der Waals surface area contributed by atoms with Gasteiger partial charge in [-0.3, -0.25) is 4.68 Å². The van der Waals surface area contributed by atoms with Gasteiger partial charge in [-0.15, -0.1) is 0 Å². The molecule has 1 N–H and O–H groups in total. The summed E-state index contributed by atoms with van der Waals surface area (Å²) in [5.74, 6) is 0.693. The lowest BCUT2D eigenvalue weighted by atomic mass is 10.1. The van der Waals surface area contributed by atoms with Crippen LogP contribution in [0.4, 0.5) is 0 Å². The zero-order valence-electron chi connectivity index (χ0n) is 11.9. The molecule has 3 rings (SSSR count). The van der Waals surface area contributed by atoms with Gasteiger partial charge >= 0.3 is 0 Å². The minimum Gasteiger partial charge on any atom is -0.309 e. The van der Waals surface area contributed by atoms with Crippen molar-refractivity contribution in [3.63, 3.8) is 0 Å². The van der Waals surface area contributed by atoms with Crippen LogP contribution in [0.1, 0.15) is 34.9 Å². The molecule has 0 bridgehead atoms. The number of nitrogens with zero attached hydrogens (tertiary/aromatic N) is 2. The highest BCUT2D eigenvalue weighted by Gasteiger charge is 2.37. The molecular weight excluding hydrogens is 234 g/mol. The van der Waals surface area contributed by atoms with E-state index in [4.69, 9.17) is 0 Å². The first-order valence-electron chi connectivity index (χ1n) is 6.94. The topological polar surface area (TPSA) is 29.9 Å². The molecule has 1 aliphatic rings. The van der Waals surface area contributed by atoms with Gasteiger partial charge in [-0.25, -0.2) is 0 Å². The quantitative estimate of drug-likeness (QED) is 0.910. The van der Waals surface area contributed by atoms with Gasteiger partial charge in [0, 0.05) is 36.8 Å². The molecule has 1 fully saturated rings. The average molecular weight is 255 g/mol. The van der Waals surface area contributed by atoms with Crippen molar-refractivity contribution < 1.29 is 0 Å². The highest BCUT2D eigenvalue weighted by molar-refractivity contribution is 5.29. The third kappa shape index (κ3) is 2.43. The van der Waals surface area contributed by atoms with Crippen molar-refractivity contribution in [3.8, 4) is 0 Å². The second-order valence-corrected chi connectivity index (χ2v) is 5.51. The Morgan fingerprint density at radius 1 is 1.26 bits per heavy atom. The van der Waals surface area contributed by atoms with Crippen molar-refractivity contribution in [2.75, 3.05) is 0 Å². The first kappa shape index (κ1) is 12.4. The van der Waals surface area contributed by atoms with Crippen molar-refractivity contribution in [1.82, 2.24) is 15.1 Å². The summed E-state index contributed by atoms with van der Waals surface area (Å²) in [7, 11) is 2.01. The molecule has 1 heterocycles. The van der Waals surface area contributed by atoms with Gasteiger partial charge in [-0.05, 0) is 25.8 Å². The monoisotopic (exact) mass is 255 g/mol. The standard InChI is InChI=1S/C16H21N3/c1-11-15(12(2)19(3)18-11)10-17-16-9-14(16)13-7-5-4-6-8-13/h4-8,14,16-17H,9-10H2,1-3H3. The summed E-state index contributed by atoms with van der Waals surface area (Å²) in [4.78, 5) is 0. The Labute approximate surface area is 114 Å². The summed E-state index contributed by atoms with van der Waals surface area (Å²) in [5, 5.41) is 8.13. The minimum atomic E-state index is 0.626. The molecule has 100 valence electrons. The van der Waals surface area contributed by atoms with Crippen LogP contribution in [0, 0.1) is 13.8 Å². The van der Waals surface area contributed by atoms with Crippen molar-refractivity contribution in [1.29, 1.82) is 0 Å². The number of hydrogen-bond donors (Lipinski definition) is 1. The largest absolute Gasteiger partial charge is 0.309 e. The molecule has 0 saturated heterocycles. The normalized spacial score (nSPS) is 21.6. The fourth-order valence-electron chi connectivity index (χ4n) is 2.80. The number of aromatic nitrogens is 2. The summed E-state index contributed by atoms with van der Waals surface area (Å²) in [6.07, 6.45) is 1.25. The van der Waals surface area contributed by atoms with Crippen molar-refractivity contribution >= 4 is 0 Å². The summed E-state index contributed by atoms with van der Waals surface area (Å²) in [6.45, 7) is 5.16. The van der Waals surface area contributed by atoms with Gasteiger partial charge in [-0.1, -0.05) is 30.3 Å². The summed E-state index contributed by atoms with van der Waals surface area (Å²) < 4.78 is 1.97. The fourth-order valence-corrected chi connectivity index (χ4v) is 2.80. The van der Waals surface area contributed by atoms with E-state index in [0.29, 0.717) is 12.0 Å². The van der Waals surface area contributed by atoms with E-state index >= 15 is 0 Å². The third-order valence-electron chi connectivity index (χ3n) is 4.22. The van der Waals surface area contributed by atoms with Gasteiger partial charge in [-0.2, -0.15) is 5.10 Å². The summed E-state index contributed by atoms with van der Waals surface area (Å²) >= 11 is 0. The molecule has 1 saturated carbocycles. The summed E-state index contributed by atoms with van der Waals surface area (Å²) in [6, 6.07) is 11.4. The molecule has 1 aliphatic carbocycles. The summed E-state index contributed by atoms with van der Waals surface area (Å²) in [5.41, 5.74) is 5.21. The SMILES string of the molecule is Cc1nn(C)c(C)c1CNC1CC1c1ccccc1. The van der Waals surface area contributed by atoms with Crippen molar-refractivity contribution in [3.05, 3.63) is 52.8 Å². The molecule has 1 aromatic heterocycles. The number of benzene rings is 1. The van der Waals surface area contributed by atoms with Gasteiger partial charge in [0.25, 0.3) is 0 Å². The first-order valence-corrected chi connectivity index (χ1v) is 6.94. The maximum absolute atomic E-state index is 4.46. The minimum absolute atomic E-state index is 0.626. The van der Waals surface area contributed by atoms with E-state index in [1.165, 1.54) is 23.2 Å². The molecule has 0 amide bonds. The molecule has 0 aliphatic heterocycles. The maximum atomic E-state index is 4.46. The van der Waals surface area contributed by atoms with Gasteiger partial charge in [0.1, 0.15) is 0 Å². The molecule has 2 unspecified atom stereocenters. The van der Waals surface area contributed by atoms with E-state index in [-0.39, 0.29) is 0 Å². The molecule has 19 heavy (non-hydrogen) atoms. The van der Waals surface area contributed by atoms with Crippen LogP contribution in [-0.4, -0.2) is 15.8 Å². The van der Waals surface area contributed by atoms with Crippen LogP contribution in [-0.2, 0) is 13.6 Å². The van der Waals surface area contributed by atoms with E-state index in [2.05, 4.69) is 54.6 Å². The lowest BCUT2D eigenvalue weighted by Crippen LogP contribution is -2.18. The second-order valence-electron chi connectivity index (χ2n) is 5.51. The fraction of sp³-hybridized carbons (Fsp3) is 0.438. The lowest BCUT2D eigenvalue weighted by Gasteiger charge is -2.05. The van der Waals surface area contributed by atoms with Gasteiger partial charge < -0.3 is 5.32 Å². The van der Waals surface area contributed by atoms with Crippen LogP contribution in [0.15, 0.2) is 30.3 Å². The number of rotatable bonds is 4. The van der Waals surface area contributed by atoms with E-state index in [9.17, 15) is 0 Å². The first-order chi connectivity index (χ1) is 9.16. The molecule has 3 nitrogen and oxygen atoms in total. The van der Waals surface area contributed by atoms with Gasteiger partial charge in [0.2, 0.25) is 0 Å². The van der Waals surface area contributed by atoms with Gasteiger partial charge in [0.15, 0.2) is 0 Å². The predicted octanol–water partition coefficient (Wildman–Crippen LogP) is 2.68. The highest BCUT2D eigenvalue weighted by Crippen LogP contribution is 2.40. The molecular formula is C16H21N3. The second kappa shape index (κ2) is 4.82. The molecule has 3 heteroatoms. The van der Waals surface area contributed by atoms with Crippen molar-refractivity contribution in [2.45, 2.75) is 38.8 Å². The molecule has 0 radical (unpaired) electrons. The zero-order valence-corrected chi connectivity index (χ0v) is 11.9. The Kier molecular flexibility index (Phi) is 3.15. The van der Waals surface area contributed by atoms with Crippen LogP contribution in [0.25, 0.3) is 0 Å². The smallest absolute Gasteiger partial charge is 0.0641 e. The number of aryl methyl sites for hydroxylation is 2. The lowest BCUT2D eigenvalue weighted by molar-refractivity contribution is 0.665. The Morgan fingerprint density at radius 3 is 2.63 bits per heavy atom. The molecule has 0 spiro atoms.